The average molecular weight is 710 g/mol. The molecule has 0 spiro atoms. The molecule has 256 valence electrons. The molecule has 8 nitrogen and oxygen atoms in total. The predicted octanol–water partition coefficient (Wildman–Crippen LogP) is 9.67. The van der Waals surface area contributed by atoms with E-state index in [4.69, 9.17) is 33.0 Å². The number of carbonyl (C=O) groups excluding carboxylic acids is 1. The molecule has 10 heteroatoms. The first-order valence-corrected chi connectivity index (χ1v) is 17.5. The number of anilines is 1. The maximum absolute atomic E-state index is 14.9. The molecular formula is C40H38Cl2N4O4. The van der Waals surface area contributed by atoms with E-state index in [2.05, 4.69) is 11.5 Å². The average Bonchev–Trinajstić information content (AvgIpc) is 3.55. The Labute approximate surface area is 300 Å². The summed E-state index contributed by atoms with van der Waals surface area (Å²) in [4.78, 5) is 28.7. The molecule has 7 rings (SSSR count). The van der Waals surface area contributed by atoms with Crippen LogP contribution in [-0.4, -0.2) is 44.5 Å². The molecule has 1 N–H and O–H groups in total. The minimum Gasteiger partial charge on any atom is -0.494 e. The summed E-state index contributed by atoms with van der Waals surface area (Å²) in [6.07, 6.45) is 1.25. The quantitative estimate of drug-likeness (QED) is 0.159. The number of fused-ring (bicyclic) bond motifs is 4. The number of nitrogens with zero attached hydrogens (tertiary/aromatic N) is 4. The SMILES string of the molecule is Cc1cc(OCCCc2c3n(c4c(-c5c(C)nn(C)c5C)c(Cl)ccc24)C(C)CN(c2cccc4ccc(C(=O)O)cc24)C3=O)cc(C)c1Cl. The Kier molecular flexibility index (Phi) is 8.65. The normalized spacial score (nSPS) is 14.5. The first-order chi connectivity index (χ1) is 23.9. The summed E-state index contributed by atoms with van der Waals surface area (Å²) in [6, 6.07) is 18.5. The Morgan fingerprint density at radius 2 is 1.72 bits per heavy atom. The van der Waals surface area contributed by atoms with Crippen molar-refractivity contribution in [1.82, 2.24) is 14.3 Å². The van der Waals surface area contributed by atoms with Gasteiger partial charge in [0.05, 0.1) is 34.1 Å². The first kappa shape index (κ1) is 33.7. The van der Waals surface area contributed by atoms with Crippen LogP contribution in [0, 0.1) is 27.7 Å². The second-order valence-electron chi connectivity index (χ2n) is 13.3. The van der Waals surface area contributed by atoms with Crippen molar-refractivity contribution < 1.29 is 19.4 Å². The van der Waals surface area contributed by atoms with E-state index in [1.54, 1.807) is 23.1 Å². The molecule has 0 bridgehead atoms. The molecule has 1 aliphatic heterocycles. The number of carboxylic acids is 1. The van der Waals surface area contributed by atoms with Crippen LogP contribution in [0.3, 0.4) is 0 Å². The van der Waals surface area contributed by atoms with Gasteiger partial charge < -0.3 is 19.3 Å². The third-order valence-corrected chi connectivity index (χ3v) is 10.9. The molecule has 1 aliphatic rings. The molecule has 4 aromatic carbocycles. The van der Waals surface area contributed by atoms with Crippen molar-refractivity contribution in [2.75, 3.05) is 18.1 Å². The Morgan fingerprint density at radius 1 is 0.980 bits per heavy atom. The summed E-state index contributed by atoms with van der Waals surface area (Å²) in [5.74, 6) is -0.398. The van der Waals surface area contributed by atoms with E-state index in [-0.39, 0.29) is 17.5 Å². The topological polar surface area (TPSA) is 89.6 Å². The molecule has 2 aromatic heterocycles. The maximum atomic E-state index is 14.9. The minimum atomic E-state index is -1.01. The number of aryl methyl sites for hydroxylation is 5. The monoisotopic (exact) mass is 708 g/mol. The van der Waals surface area contributed by atoms with Crippen LogP contribution in [0.4, 0.5) is 5.69 Å². The van der Waals surface area contributed by atoms with Crippen LogP contribution in [-0.2, 0) is 13.5 Å². The van der Waals surface area contributed by atoms with Gasteiger partial charge in [0, 0.05) is 52.3 Å². The molecule has 0 aliphatic carbocycles. The molecule has 3 heterocycles. The molecule has 0 saturated carbocycles. The fourth-order valence-corrected chi connectivity index (χ4v) is 7.92. The molecule has 0 fully saturated rings. The molecule has 1 atom stereocenters. The number of aromatic nitrogens is 3. The molecule has 0 saturated heterocycles. The lowest BCUT2D eigenvalue weighted by Gasteiger charge is -2.35. The third kappa shape index (κ3) is 5.51. The van der Waals surface area contributed by atoms with Gasteiger partial charge in [-0.3, -0.25) is 9.48 Å². The fraction of sp³-hybridized carbons (Fsp3) is 0.275. The maximum Gasteiger partial charge on any atom is 0.335 e. The zero-order valence-corrected chi connectivity index (χ0v) is 30.4. The highest BCUT2D eigenvalue weighted by Crippen LogP contribution is 2.45. The number of amides is 1. The van der Waals surface area contributed by atoms with Gasteiger partial charge in [-0.2, -0.15) is 5.10 Å². The highest BCUT2D eigenvalue weighted by Gasteiger charge is 2.37. The number of rotatable bonds is 8. The van der Waals surface area contributed by atoms with Gasteiger partial charge in [0.25, 0.3) is 5.91 Å². The molecule has 0 radical (unpaired) electrons. The Hall–Kier alpha value is -4.79. The number of aromatic carboxylic acids is 1. The molecule has 1 amide bonds. The zero-order valence-electron chi connectivity index (χ0n) is 28.9. The molecular weight excluding hydrogens is 671 g/mol. The van der Waals surface area contributed by atoms with E-state index >= 15 is 0 Å². The third-order valence-electron chi connectivity index (χ3n) is 9.96. The number of ether oxygens (including phenoxy) is 1. The van der Waals surface area contributed by atoms with Crippen molar-refractivity contribution in [3.05, 3.63) is 110 Å². The van der Waals surface area contributed by atoms with E-state index < -0.39 is 5.97 Å². The smallest absolute Gasteiger partial charge is 0.335 e. The van der Waals surface area contributed by atoms with E-state index in [0.717, 1.165) is 66.3 Å². The number of benzene rings is 4. The van der Waals surface area contributed by atoms with Crippen molar-refractivity contribution in [2.45, 2.75) is 53.5 Å². The van der Waals surface area contributed by atoms with Crippen molar-refractivity contribution >= 4 is 62.4 Å². The van der Waals surface area contributed by atoms with Crippen LogP contribution in [0.15, 0.2) is 60.7 Å². The van der Waals surface area contributed by atoms with Gasteiger partial charge in [0.2, 0.25) is 0 Å². The van der Waals surface area contributed by atoms with E-state index in [1.807, 2.05) is 81.9 Å². The minimum absolute atomic E-state index is 0.136. The summed E-state index contributed by atoms with van der Waals surface area (Å²) in [5, 5.41) is 18.3. The fourth-order valence-electron chi connectivity index (χ4n) is 7.56. The van der Waals surface area contributed by atoms with Crippen LogP contribution in [0.25, 0.3) is 32.8 Å². The Morgan fingerprint density at radius 3 is 2.40 bits per heavy atom. The van der Waals surface area contributed by atoms with Crippen LogP contribution in [0.1, 0.15) is 68.3 Å². The van der Waals surface area contributed by atoms with E-state index in [1.165, 1.54) is 0 Å². The van der Waals surface area contributed by atoms with Crippen LogP contribution in [0.2, 0.25) is 10.0 Å². The summed E-state index contributed by atoms with van der Waals surface area (Å²) < 4.78 is 10.2. The number of carbonyl (C=O) groups is 2. The molecule has 6 aromatic rings. The molecule has 50 heavy (non-hydrogen) atoms. The number of hydrogen-bond donors (Lipinski definition) is 1. The van der Waals surface area contributed by atoms with Crippen LogP contribution < -0.4 is 9.64 Å². The van der Waals surface area contributed by atoms with Crippen molar-refractivity contribution in [3.8, 4) is 16.9 Å². The van der Waals surface area contributed by atoms with Gasteiger partial charge in [-0.1, -0.05) is 47.5 Å². The first-order valence-electron chi connectivity index (χ1n) is 16.7. The number of halogens is 2. The van der Waals surface area contributed by atoms with Crippen molar-refractivity contribution in [2.24, 2.45) is 7.05 Å². The van der Waals surface area contributed by atoms with Gasteiger partial charge >= 0.3 is 5.97 Å². The molecule has 1 unspecified atom stereocenters. The summed E-state index contributed by atoms with van der Waals surface area (Å²) in [5.41, 5.74) is 8.89. The van der Waals surface area contributed by atoms with Gasteiger partial charge in [0.1, 0.15) is 11.4 Å². The Balaban J connectivity index is 1.38. The largest absolute Gasteiger partial charge is 0.494 e. The summed E-state index contributed by atoms with van der Waals surface area (Å²) in [7, 11) is 1.92. The second kappa shape index (κ2) is 12.8. The standard InChI is InChI=1S/C40H38Cl2N4O4/c1-21-17-28(18-22(2)36(21)42)50-16-8-10-29-30-14-15-32(41)35(34-24(4)43-44(6)25(34)5)37(30)46-23(3)20-45(39(47)38(29)46)33-11-7-9-26-12-13-27(40(48)49)19-31(26)33/h7,9,11-15,17-19,23H,8,10,16,20H2,1-6H3,(H,48,49). The van der Waals surface area contributed by atoms with E-state index in [0.29, 0.717) is 47.8 Å². The van der Waals surface area contributed by atoms with Gasteiger partial charge in [-0.15, -0.1) is 0 Å². The van der Waals surface area contributed by atoms with Crippen LogP contribution >= 0.6 is 23.2 Å². The van der Waals surface area contributed by atoms with Crippen molar-refractivity contribution in [1.29, 1.82) is 0 Å². The Bertz CT molecular complexity index is 2350. The highest BCUT2D eigenvalue weighted by atomic mass is 35.5. The van der Waals surface area contributed by atoms with Gasteiger partial charge in [-0.05, 0) is 106 Å². The lowest BCUT2D eigenvalue weighted by Crippen LogP contribution is -2.42. The lowest BCUT2D eigenvalue weighted by molar-refractivity contribution is 0.0696. The zero-order chi connectivity index (χ0) is 35.6. The predicted molar refractivity (Wildman–Crippen MR) is 201 cm³/mol. The highest BCUT2D eigenvalue weighted by molar-refractivity contribution is 6.35. The van der Waals surface area contributed by atoms with E-state index in [9.17, 15) is 14.7 Å². The summed E-state index contributed by atoms with van der Waals surface area (Å²) >= 11 is 13.5. The number of hydrogen-bond acceptors (Lipinski definition) is 4. The second-order valence-corrected chi connectivity index (χ2v) is 14.1. The number of carboxylic acid groups (broad SMARTS) is 1. The lowest BCUT2D eigenvalue weighted by atomic mass is 9.98. The van der Waals surface area contributed by atoms with Crippen LogP contribution in [0.5, 0.6) is 5.75 Å². The van der Waals surface area contributed by atoms with Gasteiger partial charge in [0.15, 0.2) is 0 Å². The van der Waals surface area contributed by atoms with Gasteiger partial charge in [-0.25, -0.2) is 4.79 Å². The summed E-state index contributed by atoms with van der Waals surface area (Å²) in [6.45, 7) is 10.9. The van der Waals surface area contributed by atoms with Crippen molar-refractivity contribution in [3.63, 3.8) is 0 Å².